The van der Waals surface area contributed by atoms with Crippen molar-refractivity contribution < 1.29 is 28.2 Å². The molecule has 7 N–H and O–H groups in total. The number of halogens is 1. The summed E-state index contributed by atoms with van der Waals surface area (Å²) in [5.74, 6) is -1.93. The Bertz CT molecular complexity index is 1380. The van der Waals surface area contributed by atoms with E-state index in [1.807, 2.05) is 4.57 Å². The van der Waals surface area contributed by atoms with Gasteiger partial charge in [0, 0.05) is 29.3 Å². The van der Waals surface area contributed by atoms with E-state index in [0.29, 0.717) is 81.6 Å². The average molecular weight is 584 g/mol. The van der Waals surface area contributed by atoms with Crippen LogP contribution >= 0.6 is 0 Å². The molecule has 3 aliphatic rings. The summed E-state index contributed by atoms with van der Waals surface area (Å²) < 4.78 is 28.9. The van der Waals surface area contributed by atoms with Gasteiger partial charge in [-0.15, -0.1) is 0 Å². The van der Waals surface area contributed by atoms with Crippen LogP contribution in [0, 0.1) is 11.2 Å². The van der Waals surface area contributed by atoms with E-state index in [1.54, 1.807) is 6.07 Å². The number of anilines is 1. The molecule has 1 aliphatic heterocycles. The van der Waals surface area contributed by atoms with Gasteiger partial charge >= 0.3 is 5.97 Å². The van der Waals surface area contributed by atoms with E-state index in [0.717, 1.165) is 29.8 Å². The largest absolute Gasteiger partial charge is 0.461 e. The molecule has 2 heterocycles. The minimum absolute atomic E-state index is 0.0725. The molecule has 2 aromatic rings. The van der Waals surface area contributed by atoms with Gasteiger partial charge in [-0.3, -0.25) is 14.4 Å². The summed E-state index contributed by atoms with van der Waals surface area (Å²) in [7, 11) is 0. The second-order valence-corrected chi connectivity index (χ2v) is 12.7. The summed E-state index contributed by atoms with van der Waals surface area (Å²) >= 11 is 0. The van der Waals surface area contributed by atoms with Gasteiger partial charge in [0.25, 0.3) is 5.91 Å². The lowest BCUT2D eigenvalue weighted by atomic mass is 9.75. The molecule has 1 unspecified atom stereocenters. The van der Waals surface area contributed by atoms with Crippen LogP contribution in [-0.4, -0.2) is 47.0 Å². The molecule has 1 aromatic carbocycles. The number of unbranched alkanes of at least 4 members (excludes halogenated alkanes) is 1. The van der Waals surface area contributed by atoms with Crippen molar-refractivity contribution in [2.75, 3.05) is 11.9 Å². The van der Waals surface area contributed by atoms with E-state index < -0.39 is 23.7 Å². The second-order valence-electron chi connectivity index (χ2n) is 12.7. The number of hydrogen-bond donors (Lipinski definition) is 4. The lowest BCUT2D eigenvalue weighted by molar-refractivity contribution is -0.152. The molecule has 5 rings (SSSR count). The number of rotatable bonds is 10. The van der Waals surface area contributed by atoms with Gasteiger partial charge in [-0.05, 0) is 69.0 Å². The van der Waals surface area contributed by atoms with Crippen molar-refractivity contribution in [1.29, 1.82) is 0 Å². The monoisotopic (exact) mass is 583 g/mol. The van der Waals surface area contributed by atoms with E-state index >= 15 is 4.39 Å². The Morgan fingerprint density at radius 3 is 2.57 bits per heavy atom. The van der Waals surface area contributed by atoms with Gasteiger partial charge in [-0.25, -0.2) is 4.39 Å². The number of nitrogens with zero attached hydrogens (tertiary/aromatic N) is 1. The zero-order valence-electron chi connectivity index (χ0n) is 24.5. The highest BCUT2D eigenvalue weighted by Gasteiger charge is 2.39. The van der Waals surface area contributed by atoms with Gasteiger partial charge in [0.1, 0.15) is 18.0 Å². The highest BCUT2D eigenvalue weighted by molar-refractivity contribution is 6.01. The zero-order chi connectivity index (χ0) is 30.2. The molecule has 1 amide bonds. The maximum Gasteiger partial charge on any atom is 0.323 e. The SMILES string of the molecule is CC1(C)CC(=O)c2c3c(n(-c4cc(F)c(C(N)=O)c(NC5CCC(OC(=O)C(N)CCCCN)CC5)c4)c2C1)COC3. The summed E-state index contributed by atoms with van der Waals surface area (Å²) in [6, 6.07) is 2.30. The molecule has 228 valence electrons. The van der Waals surface area contributed by atoms with Gasteiger partial charge in [0.05, 0.1) is 35.8 Å². The van der Waals surface area contributed by atoms with Gasteiger partial charge < -0.3 is 36.6 Å². The van der Waals surface area contributed by atoms with Crippen molar-refractivity contribution in [3.8, 4) is 5.69 Å². The van der Waals surface area contributed by atoms with Crippen LogP contribution in [0.15, 0.2) is 12.1 Å². The van der Waals surface area contributed by atoms with E-state index in [1.165, 1.54) is 6.07 Å². The molecule has 11 heteroatoms. The van der Waals surface area contributed by atoms with Crippen molar-refractivity contribution in [3.63, 3.8) is 0 Å². The fourth-order valence-electron chi connectivity index (χ4n) is 6.64. The smallest absolute Gasteiger partial charge is 0.323 e. The minimum Gasteiger partial charge on any atom is -0.461 e. The fourth-order valence-corrected chi connectivity index (χ4v) is 6.64. The number of nitrogens with one attached hydrogen (secondary N) is 1. The number of fused-ring (bicyclic) bond motifs is 3. The van der Waals surface area contributed by atoms with E-state index in [4.69, 9.17) is 26.7 Å². The third-order valence-electron chi connectivity index (χ3n) is 8.70. The van der Waals surface area contributed by atoms with Crippen molar-refractivity contribution in [1.82, 2.24) is 4.57 Å². The van der Waals surface area contributed by atoms with Crippen LogP contribution in [0.3, 0.4) is 0 Å². The molecule has 2 aliphatic carbocycles. The summed E-state index contributed by atoms with van der Waals surface area (Å²) in [5, 5.41) is 3.35. The van der Waals surface area contributed by atoms with Crippen LogP contribution < -0.4 is 22.5 Å². The molecule has 42 heavy (non-hydrogen) atoms. The summed E-state index contributed by atoms with van der Waals surface area (Å²) in [4.78, 5) is 37.9. The number of amides is 1. The van der Waals surface area contributed by atoms with Crippen LogP contribution in [0.1, 0.15) is 103 Å². The Hall–Kier alpha value is -3.28. The van der Waals surface area contributed by atoms with Crippen molar-refractivity contribution in [2.45, 2.75) is 103 Å². The summed E-state index contributed by atoms with van der Waals surface area (Å²) in [6.07, 6.45) is 5.49. The maximum absolute atomic E-state index is 15.6. The topological polar surface area (TPSA) is 165 Å². The number of carbonyl (C=O) groups is 3. The fraction of sp³-hybridized carbons (Fsp3) is 0.581. The van der Waals surface area contributed by atoms with Gasteiger partial charge in [0.15, 0.2) is 5.78 Å². The van der Waals surface area contributed by atoms with Crippen LogP contribution in [0.4, 0.5) is 10.1 Å². The molecule has 0 bridgehead atoms. The zero-order valence-corrected chi connectivity index (χ0v) is 24.5. The highest BCUT2D eigenvalue weighted by Crippen LogP contribution is 2.43. The second kappa shape index (κ2) is 12.1. The first-order valence-corrected chi connectivity index (χ1v) is 14.9. The Labute approximate surface area is 245 Å². The molecule has 1 atom stereocenters. The standard InChI is InChI=1S/C31H42FN5O5/c1-31(2)13-24-27(26(38)14-31)20-15-41-16-25(20)37(24)18-11-21(32)28(29(35)39)23(12-18)36-17-6-8-19(9-7-17)42-30(40)22(34)5-3-4-10-33/h11-12,17,19,22,36H,3-10,13-16,33-34H2,1-2H3,(H2,35,39). The average Bonchev–Trinajstić information content (AvgIpc) is 3.48. The first-order valence-electron chi connectivity index (χ1n) is 14.9. The number of Topliss-reactive ketones (excluding diaryl/α,β-unsaturated/α-hetero) is 1. The molecule has 1 saturated carbocycles. The van der Waals surface area contributed by atoms with Gasteiger partial charge in [-0.1, -0.05) is 20.3 Å². The number of esters is 1. The number of benzene rings is 1. The van der Waals surface area contributed by atoms with Crippen LogP contribution in [0.5, 0.6) is 0 Å². The maximum atomic E-state index is 15.6. The molecule has 1 fully saturated rings. The normalized spacial score (nSPS) is 21.9. The van der Waals surface area contributed by atoms with Crippen molar-refractivity contribution in [3.05, 3.63) is 46.0 Å². The van der Waals surface area contributed by atoms with E-state index in [9.17, 15) is 14.4 Å². The van der Waals surface area contributed by atoms with E-state index in [2.05, 4.69) is 19.2 Å². The third kappa shape index (κ3) is 6.09. The molecular weight excluding hydrogens is 541 g/mol. The third-order valence-corrected chi connectivity index (χ3v) is 8.70. The van der Waals surface area contributed by atoms with E-state index in [-0.39, 0.29) is 28.9 Å². The molecule has 10 nitrogen and oxygen atoms in total. The number of carbonyl (C=O) groups excluding carboxylic acids is 3. The van der Waals surface area contributed by atoms with Crippen LogP contribution in [0.25, 0.3) is 5.69 Å². The number of ether oxygens (including phenoxy) is 2. The lowest BCUT2D eigenvalue weighted by Crippen LogP contribution is -2.37. The first-order chi connectivity index (χ1) is 20.0. The summed E-state index contributed by atoms with van der Waals surface area (Å²) in [5.41, 5.74) is 20.7. The predicted molar refractivity (Wildman–Crippen MR) is 156 cm³/mol. The van der Waals surface area contributed by atoms with Crippen LogP contribution in [0.2, 0.25) is 0 Å². The number of hydrogen-bond acceptors (Lipinski definition) is 8. The van der Waals surface area contributed by atoms with Crippen molar-refractivity contribution >= 4 is 23.3 Å². The Morgan fingerprint density at radius 2 is 1.88 bits per heavy atom. The molecule has 0 spiro atoms. The highest BCUT2D eigenvalue weighted by atomic mass is 19.1. The number of primary amides is 1. The Kier molecular flexibility index (Phi) is 8.73. The number of aromatic nitrogens is 1. The quantitative estimate of drug-likeness (QED) is 0.243. The first kappa shape index (κ1) is 30.2. The lowest BCUT2D eigenvalue weighted by Gasteiger charge is -2.31. The Morgan fingerprint density at radius 1 is 1.14 bits per heavy atom. The molecule has 1 aromatic heterocycles. The predicted octanol–water partition coefficient (Wildman–Crippen LogP) is 3.62. The number of nitrogens with two attached hydrogens (primary N) is 3. The Balaban J connectivity index is 1.36. The molecular formula is C31H42FN5O5. The van der Waals surface area contributed by atoms with Crippen molar-refractivity contribution in [2.24, 2.45) is 22.6 Å². The van der Waals surface area contributed by atoms with Gasteiger partial charge in [-0.2, -0.15) is 0 Å². The molecule has 0 saturated heterocycles. The summed E-state index contributed by atoms with van der Waals surface area (Å²) in [6.45, 7) is 5.33. The van der Waals surface area contributed by atoms with Gasteiger partial charge in [0.2, 0.25) is 0 Å². The number of ketones is 1. The molecule has 0 radical (unpaired) electrons. The van der Waals surface area contributed by atoms with Crippen LogP contribution in [-0.2, 0) is 33.9 Å². The minimum atomic E-state index is -0.868.